The Kier molecular flexibility index (Phi) is 6.26. The number of benzene rings is 3. The van der Waals surface area contributed by atoms with Gasteiger partial charge in [-0.05, 0) is 48.5 Å². The van der Waals surface area contributed by atoms with E-state index < -0.39 is 11.9 Å². The highest BCUT2D eigenvalue weighted by atomic mass is 35.5. The second-order valence-electron chi connectivity index (χ2n) is 6.65. The predicted molar refractivity (Wildman–Crippen MR) is 120 cm³/mol. The molecule has 0 spiro atoms. The van der Waals surface area contributed by atoms with Crippen LogP contribution in [0.4, 0.5) is 17.1 Å². The second kappa shape index (κ2) is 9.24. The Morgan fingerprint density at radius 1 is 0.900 bits per heavy atom. The van der Waals surface area contributed by atoms with Crippen molar-refractivity contribution in [1.82, 2.24) is 0 Å². The number of nitrogens with zero attached hydrogens (tertiary/aromatic N) is 1. The van der Waals surface area contributed by atoms with E-state index in [-0.39, 0.29) is 13.0 Å². The summed E-state index contributed by atoms with van der Waals surface area (Å²) in [4.78, 5) is 28.7. The highest BCUT2D eigenvalue weighted by Crippen LogP contribution is 2.47. The van der Waals surface area contributed by atoms with Gasteiger partial charge in [0, 0.05) is 27.0 Å². The van der Waals surface area contributed by atoms with Crippen molar-refractivity contribution in [3.8, 4) is 0 Å². The summed E-state index contributed by atoms with van der Waals surface area (Å²) in [6.45, 7) is 0.136. The van der Waals surface area contributed by atoms with Gasteiger partial charge in [0.15, 0.2) is 6.61 Å². The molecule has 3 aromatic carbocycles. The third-order valence-corrected chi connectivity index (χ3v) is 5.95. The Labute approximate surface area is 184 Å². The third kappa shape index (κ3) is 4.78. The van der Waals surface area contributed by atoms with Crippen LogP contribution in [0.15, 0.2) is 82.6 Å². The number of para-hydroxylation sites is 2. The number of rotatable bonds is 6. The normalized spacial score (nSPS) is 12.0. The average molecular weight is 439 g/mol. The smallest absolute Gasteiger partial charge is 0.308 e. The molecule has 0 unspecified atom stereocenters. The number of carbonyl (C=O) groups is 2. The molecule has 0 bridgehead atoms. The number of hydrogen-bond acceptors (Lipinski definition) is 5. The van der Waals surface area contributed by atoms with Gasteiger partial charge in [0.25, 0.3) is 5.91 Å². The molecule has 0 radical (unpaired) electrons. The molecule has 4 rings (SSSR count). The average Bonchev–Trinajstić information content (AvgIpc) is 2.76. The van der Waals surface area contributed by atoms with E-state index in [9.17, 15) is 9.59 Å². The van der Waals surface area contributed by atoms with Crippen molar-refractivity contribution in [3.05, 3.63) is 77.8 Å². The van der Waals surface area contributed by atoms with Crippen LogP contribution in [0.5, 0.6) is 0 Å². The fourth-order valence-electron chi connectivity index (χ4n) is 3.17. The van der Waals surface area contributed by atoms with Gasteiger partial charge in [-0.3, -0.25) is 9.59 Å². The number of anilines is 3. The van der Waals surface area contributed by atoms with Crippen LogP contribution in [-0.4, -0.2) is 25.0 Å². The summed E-state index contributed by atoms with van der Waals surface area (Å²) < 4.78 is 5.16. The van der Waals surface area contributed by atoms with Gasteiger partial charge in [-0.25, -0.2) is 0 Å². The van der Waals surface area contributed by atoms with Gasteiger partial charge in [-0.1, -0.05) is 47.6 Å². The van der Waals surface area contributed by atoms with Crippen LogP contribution in [0, 0.1) is 0 Å². The molecular weight excluding hydrogens is 420 g/mol. The molecule has 0 saturated carbocycles. The van der Waals surface area contributed by atoms with Gasteiger partial charge in [0.1, 0.15) is 0 Å². The summed E-state index contributed by atoms with van der Waals surface area (Å²) in [5.74, 6) is -0.815. The lowest BCUT2D eigenvalue weighted by atomic mass is 10.2. The first-order valence-electron chi connectivity index (χ1n) is 9.44. The van der Waals surface area contributed by atoms with E-state index in [0.717, 1.165) is 21.2 Å². The fourth-order valence-corrected chi connectivity index (χ4v) is 4.40. The number of nitrogens with one attached hydrogen (secondary N) is 1. The first-order chi connectivity index (χ1) is 14.6. The van der Waals surface area contributed by atoms with E-state index in [4.69, 9.17) is 16.3 Å². The standard InChI is InChI=1S/C23H19ClN2O3S/c24-16-9-11-17(12-10-16)25-22(27)15-29-23(28)13-14-26-18-5-1-3-7-20(18)30-21-8-4-2-6-19(21)26/h1-12H,13-15H2,(H,25,27). The van der Waals surface area contributed by atoms with E-state index in [1.807, 2.05) is 36.4 Å². The van der Waals surface area contributed by atoms with Gasteiger partial charge < -0.3 is 15.0 Å². The Morgan fingerprint density at radius 3 is 2.13 bits per heavy atom. The van der Waals surface area contributed by atoms with Crippen molar-refractivity contribution < 1.29 is 14.3 Å². The molecule has 0 atom stereocenters. The molecule has 0 aromatic heterocycles. The maximum atomic E-state index is 12.3. The van der Waals surface area contributed by atoms with E-state index in [1.165, 1.54) is 0 Å². The second-order valence-corrected chi connectivity index (χ2v) is 8.18. The Morgan fingerprint density at radius 2 is 1.50 bits per heavy atom. The zero-order chi connectivity index (χ0) is 20.9. The topological polar surface area (TPSA) is 58.6 Å². The molecule has 1 heterocycles. The van der Waals surface area contributed by atoms with Crippen LogP contribution in [0.25, 0.3) is 0 Å². The molecule has 5 nitrogen and oxygen atoms in total. The zero-order valence-corrected chi connectivity index (χ0v) is 17.6. The van der Waals surface area contributed by atoms with Gasteiger partial charge in [0.05, 0.1) is 17.8 Å². The summed E-state index contributed by atoms with van der Waals surface area (Å²) in [6, 6.07) is 22.9. The quantitative estimate of drug-likeness (QED) is 0.514. The van der Waals surface area contributed by atoms with Gasteiger partial charge in [-0.2, -0.15) is 0 Å². The van der Waals surface area contributed by atoms with Crippen LogP contribution < -0.4 is 10.2 Å². The van der Waals surface area contributed by atoms with E-state index >= 15 is 0 Å². The summed E-state index contributed by atoms with van der Waals surface area (Å²) in [5, 5.41) is 3.25. The number of fused-ring (bicyclic) bond motifs is 2. The summed E-state index contributed by atoms with van der Waals surface area (Å²) in [6.07, 6.45) is 0.168. The first-order valence-corrected chi connectivity index (χ1v) is 10.6. The van der Waals surface area contributed by atoms with E-state index in [0.29, 0.717) is 17.3 Å². The highest BCUT2D eigenvalue weighted by molar-refractivity contribution is 7.99. The SMILES string of the molecule is O=C(COC(=O)CCN1c2ccccc2Sc2ccccc21)Nc1ccc(Cl)cc1. The lowest BCUT2D eigenvalue weighted by Crippen LogP contribution is -2.26. The molecule has 0 fully saturated rings. The first kappa shape index (κ1) is 20.3. The van der Waals surface area contributed by atoms with Crippen molar-refractivity contribution in [2.24, 2.45) is 0 Å². The minimum absolute atomic E-state index is 0.168. The molecule has 1 amide bonds. The van der Waals surface area contributed by atoms with E-state index in [1.54, 1.807) is 36.0 Å². The van der Waals surface area contributed by atoms with Crippen LogP contribution in [0.2, 0.25) is 5.02 Å². The minimum atomic E-state index is -0.422. The maximum absolute atomic E-state index is 12.3. The number of ether oxygens (including phenoxy) is 1. The minimum Gasteiger partial charge on any atom is -0.456 e. The Balaban J connectivity index is 1.34. The van der Waals surface area contributed by atoms with Gasteiger partial charge in [-0.15, -0.1) is 0 Å². The fraction of sp³-hybridized carbons (Fsp3) is 0.130. The molecule has 1 aliphatic heterocycles. The zero-order valence-electron chi connectivity index (χ0n) is 16.0. The van der Waals surface area contributed by atoms with Crippen LogP contribution >= 0.6 is 23.4 Å². The molecule has 1 aliphatic rings. The molecular formula is C23H19ClN2O3S. The highest BCUT2D eigenvalue weighted by Gasteiger charge is 2.23. The van der Waals surface area contributed by atoms with Crippen LogP contribution in [-0.2, 0) is 14.3 Å². The van der Waals surface area contributed by atoms with Crippen molar-refractivity contribution in [2.45, 2.75) is 16.2 Å². The number of esters is 1. The molecule has 7 heteroatoms. The number of halogens is 1. The summed E-state index contributed by atoms with van der Waals surface area (Å²) in [5.41, 5.74) is 2.73. The summed E-state index contributed by atoms with van der Waals surface area (Å²) in [7, 11) is 0. The maximum Gasteiger partial charge on any atom is 0.308 e. The monoisotopic (exact) mass is 438 g/mol. The molecule has 1 N–H and O–H groups in total. The summed E-state index contributed by atoms with van der Waals surface area (Å²) >= 11 is 7.54. The lowest BCUT2D eigenvalue weighted by Gasteiger charge is -2.32. The van der Waals surface area contributed by atoms with E-state index in [2.05, 4.69) is 22.3 Å². The predicted octanol–water partition coefficient (Wildman–Crippen LogP) is 5.51. The number of amides is 1. The third-order valence-electron chi connectivity index (χ3n) is 4.56. The molecule has 30 heavy (non-hydrogen) atoms. The molecule has 3 aromatic rings. The van der Waals surface area contributed by atoms with Crippen LogP contribution in [0.1, 0.15) is 6.42 Å². The van der Waals surface area contributed by atoms with Crippen molar-refractivity contribution in [2.75, 3.05) is 23.4 Å². The Bertz CT molecular complexity index is 1030. The molecule has 0 aliphatic carbocycles. The largest absolute Gasteiger partial charge is 0.456 e. The van der Waals surface area contributed by atoms with Gasteiger partial charge >= 0.3 is 5.97 Å². The Hall–Kier alpha value is -2.96. The molecule has 152 valence electrons. The van der Waals surface area contributed by atoms with Crippen molar-refractivity contribution in [1.29, 1.82) is 0 Å². The van der Waals surface area contributed by atoms with Crippen LogP contribution in [0.3, 0.4) is 0 Å². The number of hydrogen-bond donors (Lipinski definition) is 1. The van der Waals surface area contributed by atoms with Crippen molar-refractivity contribution in [3.63, 3.8) is 0 Å². The lowest BCUT2D eigenvalue weighted by molar-refractivity contribution is -0.147. The number of carbonyl (C=O) groups excluding carboxylic acids is 2. The van der Waals surface area contributed by atoms with Crippen molar-refractivity contribution >= 4 is 52.3 Å². The van der Waals surface area contributed by atoms with Gasteiger partial charge in [0.2, 0.25) is 0 Å². The molecule has 0 saturated heterocycles.